The zero-order valence-electron chi connectivity index (χ0n) is 10.3. The lowest BCUT2D eigenvalue weighted by Gasteiger charge is -2.10. The van der Waals surface area contributed by atoms with Crippen LogP contribution in [-0.4, -0.2) is 5.11 Å². The van der Waals surface area contributed by atoms with Crippen molar-refractivity contribution in [3.8, 4) is 0 Å². The van der Waals surface area contributed by atoms with Gasteiger partial charge in [0.05, 0.1) is 6.10 Å². The van der Waals surface area contributed by atoms with Crippen molar-refractivity contribution in [2.24, 2.45) is 0 Å². The number of aliphatic hydroxyl groups excluding tert-OH is 1. The molecule has 1 heterocycles. The topological polar surface area (TPSA) is 20.2 Å². The molecule has 0 bridgehead atoms. The first-order chi connectivity index (χ1) is 9.13. The standard InChI is InChI=1S/C15H14BrClOS/c16-12-8-14(19-15(12)17)13(18)7-9-4-5-10-2-1-3-11(10)6-9/h4-6,8,13,18H,1-3,7H2. The average molecular weight is 358 g/mol. The van der Waals surface area contributed by atoms with Crippen LogP contribution in [0.3, 0.4) is 0 Å². The van der Waals surface area contributed by atoms with Crippen LogP contribution >= 0.6 is 38.9 Å². The maximum absolute atomic E-state index is 10.3. The fraction of sp³-hybridized carbons (Fsp3) is 0.333. The van der Waals surface area contributed by atoms with E-state index in [9.17, 15) is 5.11 Å². The molecule has 2 aromatic rings. The van der Waals surface area contributed by atoms with Crippen molar-refractivity contribution < 1.29 is 5.11 Å². The van der Waals surface area contributed by atoms with E-state index >= 15 is 0 Å². The van der Waals surface area contributed by atoms with E-state index in [-0.39, 0.29) is 0 Å². The lowest BCUT2D eigenvalue weighted by Crippen LogP contribution is -2.00. The van der Waals surface area contributed by atoms with Gasteiger partial charge in [-0.1, -0.05) is 29.8 Å². The van der Waals surface area contributed by atoms with Crippen molar-refractivity contribution in [1.29, 1.82) is 0 Å². The highest BCUT2D eigenvalue weighted by atomic mass is 79.9. The Labute approximate surface area is 130 Å². The summed E-state index contributed by atoms with van der Waals surface area (Å²) in [6.45, 7) is 0. The van der Waals surface area contributed by atoms with Crippen molar-refractivity contribution in [2.75, 3.05) is 0 Å². The van der Waals surface area contributed by atoms with E-state index in [1.54, 1.807) is 0 Å². The lowest BCUT2D eigenvalue weighted by molar-refractivity contribution is 0.182. The van der Waals surface area contributed by atoms with Gasteiger partial charge in [0.2, 0.25) is 0 Å². The second kappa shape index (κ2) is 5.57. The fourth-order valence-corrected chi connectivity index (χ4v) is 4.33. The molecule has 1 aliphatic carbocycles. The first-order valence-corrected chi connectivity index (χ1v) is 8.35. The highest BCUT2D eigenvalue weighted by Gasteiger charge is 2.16. The number of benzene rings is 1. The third-order valence-corrected chi connectivity index (χ3v) is 6.16. The summed E-state index contributed by atoms with van der Waals surface area (Å²) in [7, 11) is 0. The van der Waals surface area contributed by atoms with Crippen LogP contribution in [0.1, 0.15) is 34.1 Å². The van der Waals surface area contributed by atoms with Crippen LogP contribution in [0.5, 0.6) is 0 Å². The largest absolute Gasteiger partial charge is 0.387 e. The van der Waals surface area contributed by atoms with Crippen molar-refractivity contribution in [2.45, 2.75) is 31.8 Å². The van der Waals surface area contributed by atoms with Gasteiger partial charge in [-0.2, -0.15) is 0 Å². The normalized spacial score (nSPS) is 15.5. The average Bonchev–Trinajstić information content (AvgIpc) is 2.96. The Morgan fingerprint density at radius 2 is 2.05 bits per heavy atom. The molecule has 0 spiro atoms. The summed E-state index contributed by atoms with van der Waals surface area (Å²) < 4.78 is 1.56. The minimum atomic E-state index is -0.478. The van der Waals surface area contributed by atoms with E-state index in [2.05, 4.69) is 34.1 Å². The molecular weight excluding hydrogens is 344 g/mol. The van der Waals surface area contributed by atoms with Crippen LogP contribution in [0, 0.1) is 0 Å². The molecular formula is C15H14BrClOS. The second-order valence-corrected chi connectivity index (χ2v) is 7.49. The molecule has 1 unspecified atom stereocenters. The summed E-state index contributed by atoms with van der Waals surface area (Å²) in [5.74, 6) is 0. The molecule has 0 amide bonds. The summed E-state index contributed by atoms with van der Waals surface area (Å²) in [5, 5.41) is 10.3. The molecule has 4 heteroatoms. The van der Waals surface area contributed by atoms with Gasteiger partial charge < -0.3 is 5.11 Å². The Morgan fingerprint density at radius 3 is 2.79 bits per heavy atom. The summed E-state index contributed by atoms with van der Waals surface area (Å²) in [6.07, 6.45) is 3.81. The van der Waals surface area contributed by atoms with Crippen LogP contribution in [0.25, 0.3) is 0 Å². The molecule has 0 saturated carbocycles. The maximum Gasteiger partial charge on any atom is 0.107 e. The van der Waals surface area contributed by atoms with Gasteiger partial charge in [0.1, 0.15) is 4.34 Å². The van der Waals surface area contributed by atoms with Crippen molar-refractivity contribution in [1.82, 2.24) is 0 Å². The smallest absolute Gasteiger partial charge is 0.107 e. The Hall–Kier alpha value is -0.350. The molecule has 0 aliphatic heterocycles. The molecule has 1 aromatic heterocycles. The molecule has 1 N–H and O–H groups in total. The summed E-state index contributed by atoms with van der Waals surface area (Å²) in [4.78, 5) is 0.914. The van der Waals surface area contributed by atoms with E-state index in [0.29, 0.717) is 10.8 Å². The van der Waals surface area contributed by atoms with Crippen molar-refractivity contribution >= 4 is 38.9 Å². The SMILES string of the molecule is OC(Cc1ccc2c(c1)CCC2)c1cc(Br)c(Cl)s1. The van der Waals surface area contributed by atoms with Crippen LogP contribution in [0.2, 0.25) is 4.34 Å². The zero-order valence-corrected chi connectivity index (χ0v) is 13.5. The van der Waals surface area contributed by atoms with Crippen LogP contribution < -0.4 is 0 Å². The Morgan fingerprint density at radius 1 is 1.26 bits per heavy atom. The van der Waals surface area contributed by atoms with Crippen molar-refractivity contribution in [3.05, 3.63) is 54.6 Å². The van der Waals surface area contributed by atoms with Gasteiger partial charge in [-0.05, 0) is 57.9 Å². The molecule has 0 radical (unpaired) electrons. The predicted molar refractivity (Wildman–Crippen MR) is 84.2 cm³/mol. The lowest BCUT2D eigenvalue weighted by atomic mass is 10.0. The third kappa shape index (κ3) is 2.89. The number of fused-ring (bicyclic) bond motifs is 1. The number of halogens is 2. The predicted octanol–water partition coefficient (Wildman–Crippen LogP) is 4.93. The van der Waals surface area contributed by atoms with Gasteiger partial charge in [-0.3, -0.25) is 0 Å². The Kier molecular flexibility index (Phi) is 3.99. The molecule has 1 atom stereocenters. The summed E-state index contributed by atoms with van der Waals surface area (Å²) >= 11 is 10.8. The molecule has 1 aromatic carbocycles. The van der Waals surface area contributed by atoms with Crippen molar-refractivity contribution in [3.63, 3.8) is 0 Å². The first-order valence-electron chi connectivity index (χ1n) is 6.37. The minimum absolute atomic E-state index is 0.478. The summed E-state index contributed by atoms with van der Waals surface area (Å²) in [6, 6.07) is 8.50. The van der Waals surface area contributed by atoms with E-state index < -0.39 is 6.10 Å². The fourth-order valence-electron chi connectivity index (χ4n) is 2.60. The van der Waals surface area contributed by atoms with Gasteiger partial charge in [0, 0.05) is 15.8 Å². The minimum Gasteiger partial charge on any atom is -0.387 e. The first kappa shape index (κ1) is 13.6. The monoisotopic (exact) mass is 356 g/mol. The highest BCUT2D eigenvalue weighted by Crippen LogP contribution is 2.36. The molecule has 0 fully saturated rings. The van der Waals surface area contributed by atoms with Gasteiger partial charge in [0.25, 0.3) is 0 Å². The number of aryl methyl sites for hydroxylation is 2. The van der Waals surface area contributed by atoms with Crippen LogP contribution in [-0.2, 0) is 19.3 Å². The van der Waals surface area contributed by atoms with Crippen LogP contribution in [0.4, 0.5) is 0 Å². The number of hydrogen-bond donors (Lipinski definition) is 1. The van der Waals surface area contributed by atoms with E-state index in [1.165, 1.54) is 47.3 Å². The van der Waals surface area contributed by atoms with Gasteiger partial charge in [0.15, 0.2) is 0 Å². The second-order valence-electron chi connectivity index (χ2n) is 4.95. The molecule has 100 valence electrons. The van der Waals surface area contributed by atoms with Gasteiger partial charge in [-0.25, -0.2) is 0 Å². The molecule has 1 aliphatic rings. The van der Waals surface area contributed by atoms with E-state index in [0.717, 1.165) is 9.35 Å². The molecule has 0 saturated heterocycles. The molecule has 19 heavy (non-hydrogen) atoms. The number of aliphatic hydroxyl groups is 1. The summed E-state index contributed by atoms with van der Waals surface area (Å²) in [5.41, 5.74) is 4.13. The number of rotatable bonds is 3. The van der Waals surface area contributed by atoms with E-state index in [1.807, 2.05) is 6.07 Å². The quantitative estimate of drug-likeness (QED) is 0.826. The number of thiophene rings is 1. The van der Waals surface area contributed by atoms with E-state index in [4.69, 9.17) is 11.6 Å². The van der Waals surface area contributed by atoms with Gasteiger partial charge in [-0.15, -0.1) is 11.3 Å². The Bertz CT molecular complexity index is 589. The number of hydrogen-bond acceptors (Lipinski definition) is 2. The molecule has 3 rings (SSSR count). The third-order valence-electron chi connectivity index (χ3n) is 3.58. The van der Waals surface area contributed by atoms with Gasteiger partial charge >= 0.3 is 0 Å². The van der Waals surface area contributed by atoms with Crippen LogP contribution in [0.15, 0.2) is 28.7 Å². The highest BCUT2D eigenvalue weighted by molar-refractivity contribution is 9.10. The molecule has 1 nitrogen and oxygen atoms in total. The Balaban J connectivity index is 1.77. The maximum atomic E-state index is 10.3. The zero-order chi connectivity index (χ0) is 13.4.